The number of rotatable bonds is 6. The molecule has 134 valence electrons. The maximum atomic E-state index is 12.3. The number of hydrogen-bond donors (Lipinski definition) is 1. The Bertz CT molecular complexity index is 824. The van der Waals surface area contributed by atoms with Crippen LogP contribution < -0.4 is 14.8 Å². The number of methoxy groups -OCH3 is 1. The summed E-state index contributed by atoms with van der Waals surface area (Å²) in [6.45, 7) is -2.73. The van der Waals surface area contributed by atoms with Crippen molar-refractivity contribution in [3.8, 4) is 23.3 Å². The van der Waals surface area contributed by atoms with Crippen molar-refractivity contribution in [3.05, 3.63) is 65.7 Å². The molecule has 0 saturated carbocycles. The molecule has 2 aromatic carbocycles. The molecular weight excluding hydrogens is 340 g/mol. The molecule has 0 spiro atoms. The Kier molecular flexibility index (Phi) is 7.19. The second-order valence-corrected chi connectivity index (χ2v) is 5.01. The topological polar surface area (TPSA) is 47.6 Å². The van der Waals surface area contributed by atoms with E-state index in [1.807, 2.05) is 30.3 Å². The van der Waals surface area contributed by atoms with E-state index in [0.717, 1.165) is 5.56 Å². The van der Waals surface area contributed by atoms with E-state index in [4.69, 9.17) is 4.74 Å². The zero-order valence-corrected chi connectivity index (χ0v) is 14.0. The van der Waals surface area contributed by atoms with Gasteiger partial charge in [0, 0.05) is 11.6 Å². The van der Waals surface area contributed by atoms with Crippen LogP contribution in [-0.2, 0) is 4.79 Å². The highest BCUT2D eigenvalue weighted by Gasteiger charge is 2.10. The average Bonchev–Trinajstić information content (AvgIpc) is 2.65. The molecule has 1 amide bonds. The fraction of sp³-hybridized carbons (Fsp3) is 0.150. The lowest BCUT2D eigenvalue weighted by atomic mass is 10.2. The molecule has 0 bridgehead atoms. The zero-order valence-electron chi connectivity index (χ0n) is 14.0. The first-order valence-electron chi connectivity index (χ1n) is 7.71. The van der Waals surface area contributed by atoms with Crippen molar-refractivity contribution in [2.75, 3.05) is 13.7 Å². The predicted octanol–water partition coefficient (Wildman–Crippen LogP) is 3.48. The highest BCUT2D eigenvalue weighted by Crippen LogP contribution is 2.29. The minimum absolute atomic E-state index is 0.0692. The van der Waals surface area contributed by atoms with Gasteiger partial charge in [-0.15, -0.1) is 0 Å². The number of halogens is 2. The van der Waals surface area contributed by atoms with Crippen LogP contribution in [-0.4, -0.2) is 26.2 Å². The van der Waals surface area contributed by atoms with Crippen molar-refractivity contribution < 1.29 is 23.0 Å². The van der Waals surface area contributed by atoms with Gasteiger partial charge in [0.2, 0.25) is 5.91 Å². The Hall–Kier alpha value is -3.33. The van der Waals surface area contributed by atoms with Gasteiger partial charge in [0.15, 0.2) is 11.5 Å². The van der Waals surface area contributed by atoms with E-state index in [1.54, 1.807) is 6.07 Å². The van der Waals surface area contributed by atoms with E-state index < -0.39 is 6.61 Å². The van der Waals surface area contributed by atoms with Crippen LogP contribution in [0.3, 0.4) is 0 Å². The molecule has 0 aliphatic rings. The molecule has 6 heteroatoms. The monoisotopic (exact) mass is 357 g/mol. The third-order valence-corrected chi connectivity index (χ3v) is 3.19. The van der Waals surface area contributed by atoms with E-state index in [-0.39, 0.29) is 24.0 Å². The smallest absolute Gasteiger partial charge is 0.387 e. The summed E-state index contributed by atoms with van der Waals surface area (Å²) in [5.74, 6) is 5.55. The molecule has 0 aliphatic heterocycles. The molecule has 0 unspecified atom stereocenters. The first kappa shape index (κ1) is 19.0. The van der Waals surface area contributed by atoms with Gasteiger partial charge in [-0.1, -0.05) is 36.1 Å². The maximum absolute atomic E-state index is 12.3. The van der Waals surface area contributed by atoms with Gasteiger partial charge < -0.3 is 14.8 Å². The van der Waals surface area contributed by atoms with Crippen molar-refractivity contribution in [2.24, 2.45) is 0 Å². The molecule has 0 heterocycles. The molecule has 2 aromatic rings. The van der Waals surface area contributed by atoms with Gasteiger partial charge in [-0.25, -0.2) is 0 Å². The Morgan fingerprint density at radius 2 is 1.96 bits per heavy atom. The molecule has 0 atom stereocenters. The minimum atomic E-state index is -2.94. The largest absolute Gasteiger partial charge is 0.493 e. The van der Waals surface area contributed by atoms with Crippen LogP contribution in [0.2, 0.25) is 0 Å². The summed E-state index contributed by atoms with van der Waals surface area (Å²) >= 11 is 0. The number of hydrogen-bond acceptors (Lipinski definition) is 3. The lowest BCUT2D eigenvalue weighted by Crippen LogP contribution is -2.20. The summed E-state index contributed by atoms with van der Waals surface area (Å²) in [5.41, 5.74) is 1.48. The second-order valence-electron chi connectivity index (χ2n) is 5.01. The minimum Gasteiger partial charge on any atom is -0.493 e. The average molecular weight is 357 g/mol. The Morgan fingerprint density at radius 1 is 1.19 bits per heavy atom. The maximum Gasteiger partial charge on any atom is 0.387 e. The fourth-order valence-electron chi connectivity index (χ4n) is 2.01. The number of alkyl halides is 2. The van der Waals surface area contributed by atoms with Crippen molar-refractivity contribution in [2.45, 2.75) is 6.61 Å². The summed E-state index contributed by atoms with van der Waals surface area (Å²) in [6, 6.07) is 13.8. The van der Waals surface area contributed by atoms with Gasteiger partial charge in [-0.3, -0.25) is 4.79 Å². The standard InChI is InChI=1S/C20H17F2NO3/c1-25-18-14-16(9-11-17(18)26-20(21)22)10-12-19(24)23-13-5-8-15-6-3-2-4-7-15/h2-4,6-7,9-12,14,20H,13H2,1H3,(H,23,24)/b12-10+. The van der Waals surface area contributed by atoms with Gasteiger partial charge in [0.1, 0.15) is 0 Å². The molecule has 0 aromatic heterocycles. The van der Waals surface area contributed by atoms with E-state index in [2.05, 4.69) is 21.9 Å². The van der Waals surface area contributed by atoms with Crippen LogP contribution in [0.1, 0.15) is 11.1 Å². The van der Waals surface area contributed by atoms with Crippen LogP contribution in [0.25, 0.3) is 6.08 Å². The summed E-state index contributed by atoms with van der Waals surface area (Å²) in [6.07, 6.45) is 2.86. The number of carbonyl (C=O) groups is 1. The molecular formula is C20H17F2NO3. The van der Waals surface area contributed by atoms with E-state index in [0.29, 0.717) is 5.56 Å². The van der Waals surface area contributed by atoms with Crippen LogP contribution in [0.15, 0.2) is 54.6 Å². The lowest BCUT2D eigenvalue weighted by molar-refractivity contribution is -0.116. The summed E-state index contributed by atoms with van der Waals surface area (Å²) < 4.78 is 33.9. The molecule has 4 nitrogen and oxygen atoms in total. The van der Waals surface area contributed by atoms with Gasteiger partial charge >= 0.3 is 6.61 Å². The second kappa shape index (κ2) is 9.84. The number of amides is 1. The van der Waals surface area contributed by atoms with Crippen LogP contribution in [0, 0.1) is 11.8 Å². The zero-order chi connectivity index (χ0) is 18.8. The van der Waals surface area contributed by atoms with Gasteiger partial charge in [0.05, 0.1) is 13.7 Å². The van der Waals surface area contributed by atoms with E-state index in [1.165, 1.54) is 31.4 Å². The summed E-state index contributed by atoms with van der Waals surface area (Å²) in [5, 5.41) is 2.63. The van der Waals surface area contributed by atoms with E-state index in [9.17, 15) is 13.6 Å². The third-order valence-electron chi connectivity index (χ3n) is 3.19. The molecule has 2 rings (SSSR count). The molecule has 0 radical (unpaired) electrons. The summed E-state index contributed by atoms with van der Waals surface area (Å²) in [4.78, 5) is 11.8. The summed E-state index contributed by atoms with van der Waals surface area (Å²) in [7, 11) is 1.35. The van der Waals surface area contributed by atoms with Crippen molar-refractivity contribution >= 4 is 12.0 Å². The molecule has 0 aliphatic carbocycles. The normalized spacial score (nSPS) is 10.3. The molecule has 0 fully saturated rings. The number of carbonyl (C=O) groups excluding carboxylic acids is 1. The highest BCUT2D eigenvalue weighted by molar-refractivity contribution is 5.91. The first-order chi connectivity index (χ1) is 12.6. The quantitative estimate of drug-likeness (QED) is 0.636. The van der Waals surface area contributed by atoms with Gasteiger partial charge in [-0.2, -0.15) is 8.78 Å². The van der Waals surface area contributed by atoms with E-state index >= 15 is 0 Å². The van der Waals surface area contributed by atoms with Crippen LogP contribution in [0.5, 0.6) is 11.5 Å². The molecule has 26 heavy (non-hydrogen) atoms. The van der Waals surface area contributed by atoms with Crippen LogP contribution in [0.4, 0.5) is 8.78 Å². The fourth-order valence-corrected chi connectivity index (χ4v) is 2.01. The predicted molar refractivity (Wildman–Crippen MR) is 95.0 cm³/mol. The Labute approximate surface area is 150 Å². The third kappa shape index (κ3) is 6.29. The molecule has 0 saturated heterocycles. The highest BCUT2D eigenvalue weighted by atomic mass is 19.3. The SMILES string of the molecule is COc1cc(/C=C/C(=O)NCC#Cc2ccccc2)ccc1OC(F)F. The number of benzene rings is 2. The van der Waals surface area contributed by atoms with Gasteiger partial charge in [0.25, 0.3) is 0 Å². The van der Waals surface area contributed by atoms with Crippen molar-refractivity contribution in [1.29, 1.82) is 0 Å². The van der Waals surface area contributed by atoms with Crippen LogP contribution >= 0.6 is 0 Å². The Morgan fingerprint density at radius 3 is 2.65 bits per heavy atom. The van der Waals surface area contributed by atoms with Crippen molar-refractivity contribution in [3.63, 3.8) is 0 Å². The van der Waals surface area contributed by atoms with Gasteiger partial charge in [-0.05, 0) is 35.9 Å². The number of ether oxygens (including phenoxy) is 2. The van der Waals surface area contributed by atoms with Crippen molar-refractivity contribution in [1.82, 2.24) is 5.32 Å². The Balaban J connectivity index is 1.90. The number of nitrogens with one attached hydrogen (secondary N) is 1. The lowest BCUT2D eigenvalue weighted by Gasteiger charge is -2.10. The molecule has 1 N–H and O–H groups in total. The first-order valence-corrected chi connectivity index (χ1v) is 7.71.